The van der Waals surface area contributed by atoms with Crippen molar-refractivity contribution < 1.29 is 4.42 Å². The molecule has 9 aromatic carbocycles. The molecule has 0 radical (unpaired) electrons. The van der Waals surface area contributed by atoms with Crippen LogP contribution >= 0.6 is 0 Å². The van der Waals surface area contributed by atoms with Crippen LogP contribution in [0.4, 0.5) is 0 Å². The lowest BCUT2D eigenvalue weighted by Gasteiger charge is -2.18. The van der Waals surface area contributed by atoms with Crippen LogP contribution in [0.3, 0.4) is 0 Å². The van der Waals surface area contributed by atoms with E-state index in [2.05, 4.69) is 146 Å². The molecule has 0 spiro atoms. The minimum absolute atomic E-state index is 0.639. The van der Waals surface area contributed by atoms with Crippen LogP contribution < -0.4 is 0 Å². The number of rotatable bonds is 4. The lowest BCUT2D eigenvalue weighted by Crippen LogP contribution is -1.91. The van der Waals surface area contributed by atoms with E-state index in [4.69, 9.17) is 9.40 Å². The molecule has 0 amide bonds. The molecule has 2 nitrogen and oxygen atoms in total. The zero-order valence-corrected chi connectivity index (χ0v) is 26.6. The van der Waals surface area contributed by atoms with Gasteiger partial charge in [-0.05, 0) is 95.3 Å². The number of oxazole rings is 1. The lowest BCUT2D eigenvalue weighted by atomic mass is 9.85. The minimum atomic E-state index is 0.639. The molecule has 228 valence electrons. The molecule has 0 aliphatic carbocycles. The first-order valence-electron chi connectivity index (χ1n) is 16.7. The molecule has 10 rings (SSSR count). The molecular formula is C47H29NO. The number of aromatic nitrogens is 1. The quantitative estimate of drug-likeness (QED) is 0.144. The molecule has 0 aliphatic heterocycles. The first-order valence-corrected chi connectivity index (χ1v) is 16.7. The average Bonchev–Trinajstić information content (AvgIpc) is 3.62. The summed E-state index contributed by atoms with van der Waals surface area (Å²) in [7, 11) is 0. The molecule has 10 aromatic rings. The highest BCUT2D eigenvalue weighted by Crippen LogP contribution is 2.45. The van der Waals surface area contributed by atoms with Gasteiger partial charge in [-0.15, -0.1) is 0 Å². The Labute approximate surface area is 283 Å². The predicted octanol–water partition coefficient (Wildman–Crippen LogP) is 13.1. The molecule has 0 N–H and O–H groups in total. The number of hydrogen-bond donors (Lipinski definition) is 0. The van der Waals surface area contributed by atoms with Crippen LogP contribution in [-0.2, 0) is 0 Å². The van der Waals surface area contributed by atoms with Crippen LogP contribution in [0, 0.1) is 0 Å². The van der Waals surface area contributed by atoms with Crippen LogP contribution in [0.25, 0.3) is 99.0 Å². The molecule has 0 aliphatic rings. The molecule has 0 fully saturated rings. The van der Waals surface area contributed by atoms with Crippen LogP contribution in [0.2, 0.25) is 0 Å². The topological polar surface area (TPSA) is 26.0 Å². The first-order chi connectivity index (χ1) is 24.3. The summed E-state index contributed by atoms with van der Waals surface area (Å²) in [6.07, 6.45) is 0. The van der Waals surface area contributed by atoms with E-state index in [0.717, 1.165) is 32.8 Å². The van der Waals surface area contributed by atoms with Crippen molar-refractivity contribution in [2.75, 3.05) is 0 Å². The first kappa shape index (κ1) is 27.6. The molecule has 0 atom stereocenters. The minimum Gasteiger partial charge on any atom is -0.435 e. The van der Waals surface area contributed by atoms with Crippen LogP contribution in [-0.4, -0.2) is 4.98 Å². The van der Waals surface area contributed by atoms with Gasteiger partial charge in [-0.3, -0.25) is 0 Å². The Kier molecular flexibility index (Phi) is 6.22. The van der Waals surface area contributed by atoms with E-state index < -0.39 is 0 Å². The number of fused-ring (bicyclic) bond motifs is 7. The van der Waals surface area contributed by atoms with Gasteiger partial charge in [0.25, 0.3) is 0 Å². The third-order valence-electron chi connectivity index (χ3n) is 9.88. The lowest BCUT2D eigenvalue weighted by molar-refractivity contribution is 0.623. The van der Waals surface area contributed by atoms with Gasteiger partial charge in [-0.25, -0.2) is 4.98 Å². The third kappa shape index (κ3) is 4.46. The van der Waals surface area contributed by atoms with Crippen LogP contribution in [0.15, 0.2) is 180 Å². The highest BCUT2D eigenvalue weighted by Gasteiger charge is 2.18. The fraction of sp³-hybridized carbons (Fsp3) is 0. The Morgan fingerprint density at radius 1 is 0.347 bits per heavy atom. The second-order valence-corrected chi connectivity index (χ2v) is 12.7. The fourth-order valence-corrected chi connectivity index (χ4v) is 7.59. The van der Waals surface area contributed by atoms with Crippen molar-refractivity contribution in [3.8, 4) is 44.8 Å². The van der Waals surface area contributed by atoms with Crippen molar-refractivity contribution in [1.82, 2.24) is 4.98 Å². The van der Waals surface area contributed by atoms with Crippen molar-refractivity contribution in [3.05, 3.63) is 176 Å². The summed E-state index contributed by atoms with van der Waals surface area (Å²) in [6.45, 7) is 0. The molecule has 1 aromatic heterocycles. The summed E-state index contributed by atoms with van der Waals surface area (Å²) in [5.74, 6) is 0.639. The van der Waals surface area contributed by atoms with Gasteiger partial charge in [0.2, 0.25) is 5.89 Å². The molecule has 49 heavy (non-hydrogen) atoms. The maximum absolute atomic E-state index is 6.55. The van der Waals surface area contributed by atoms with Crippen molar-refractivity contribution >= 4 is 54.2 Å². The standard InChI is InChI=1S/C47H29NO/c1-3-11-30(12-4-1)31-19-23-33(24-20-31)43-37-15-7-9-17-39(37)44(40-18-10-8-16-38(40)43)36-26-22-32-21-25-34-27-28-42-46(45(34)41(32)29-36)49-47(48-42)35-13-5-2-6-14-35/h1-29H. The molecule has 2 heteroatoms. The summed E-state index contributed by atoms with van der Waals surface area (Å²) in [6, 6.07) is 62.9. The van der Waals surface area contributed by atoms with Crippen molar-refractivity contribution in [1.29, 1.82) is 0 Å². The normalized spacial score (nSPS) is 11.7. The fourth-order valence-electron chi connectivity index (χ4n) is 7.59. The van der Waals surface area contributed by atoms with Gasteiger partial charge in [-0.1, -0.05) is 152 Å². The highest BCUT2D eigenvalue weighted by atomic mass is 16.3. The number of hydrogen-bond acceptors (Lipinski definition) is 2. The second kappa shape index (κ2) is 11.0. The van der Waals surface area contributed by atoms with Gasteiger partial charge >= 0.3 is 0 Å². The van der Waals surface area contributed by atoms with Gasteiger partial charge in [0.05, 0.1) is 0 Å². The summed E-state index contributed by atoms with van der Waals surface area (Å²) in [5, 5.41) is 9.51. The Hall–Kier alpha value is -6.51. The van der Waals surface area contributed by atoms with Crippen LogP contribution in [0.1, 0.15) is 0 Å². The Balaban J connectivity index is 1.22. The SMILES string of the molecule is c1ccc(-c2ccc(-c3c4ccccc4c(-c4ccc5ccc6ccc7nc(-c8ccccc8)oc7c6c5c4)c4ccccc34)cc2)cc1. The van der Waals surface area contributed by atoms with Crippen molar-refractivity contribution in [2.24, 2.45) is 0 Å². The van der Waals surface area contributed by atoms with Gasteiger partial charge < -0.3 is 4.42 Å². The van der Waals surface area contributed by atoms with Crippen molar-refractivity contribution in [3.63, 3.8) is 0 Å². The summed E-state index contributed by atoms with van der Waals surface area (Å²) in [4.78, 5) is 4.90. The molecule has 1 heterocycles. The van der Waals surface area contributed by atoms with Gasteiger partial charge in [0.1, 0.15) is 5.52 Å². The Bertz CT molecular complexity index is 2790. The number of benzene rings is 9. The smallest absolute Gasteiger partial charge is 0.227 e. The van der Waals surface area contributed by atoms with E-state index in [1.807, 2.05) is 30.3 Å². The Morgan fingerprint density at radius 3 is 1.47 bits per heavy atom. The van der Waals surface area contributed by atoms with Gasteiger partial charge in [-0.2, -0.15) is 0 Å². The monoisotopic (exact) mass is 623 g/mol. The zero-order chi connectivity index (χ0) is 32.3. The average molecular weight is 624 g/mol. The van der Waals surface area contributed by atoms with Gasteiger partial charge in [0, 0.05) is 10.9 Å². The van der Waals surface area contributed by atoms with E-state index in [9.17, 15) is 0 Å². The zero-order valence-electron chi connectivity index (χ0n) is 26.6. The van der Waals surface area contributed by atoms with E-state index in [1.165, 1.54) is 60.3 Å². The van der Waals surface area contributed by atoms with E-state index in [-0.39, 0.29) is 0 Å². The number of nitrogens with zero attached hydrogens (tertiary/aromatic N) is 1. The van der Waals surface area contributed by atoms with E-state index >= 15 is 0 Å². The highest BCUT2D eigenvalue weighted by molar-refractivity contribution is 6.23. The second-order valence-electron chi connectivity index (χ2n) is 12.7. The summed E-state index contributed by atoms with van der Waals surface area (Å²) in [5.41, 5.74) is 9.99. The summed E-state index contributed by atoms with van der Waals surface area (Å²) < 4.78 is 6.55. The summed E-state index contributed by atoms with van der Waals surface area (Å²) >= 11 is 0. The Morgan fingerprint density at radius 2 is 0.816 bits per heavy atom. The third-order valence-corrected chi connectivity index (χ3v) is 9.88. The molecular weight excluding hydrogens is 595 g/mol. The predicted molar refractivity (Wildman–Crippen MR) is 206 cm³/mol. The molecule has 0 saturated carbocycles. The van der Waals surface area contributed by atoms with Crippen molar-refractivity contribution in [2.45, 2.75) is 0 Å². The largest absolute Gasteiger partial charge is 0.435 e. The molecule has 0 bridgehead atoms. The molecule has 0 unspecified atom stereocenters. The maximum Gasteiger partial charge on any atom is 0.227 e. The maximum atomic E-state index is 6.55. The van der Waals surface area contributed by atoms with E-state index in [1.54, 1.807) is 0 Å². The van der Waals surface area contributed by atoms with Gasteiger partial charge in [0.15, 0.2) is 5.58 Å². The molecule has 0 saturated heterocycles. The van der Waals surface area contributed by atoms with Crippen LogP contribution in [0.5, 0.6) is 0 Å². The van der Waals surface area contributed by atoms with E-state index in [0.29, 0.717) is 5.89 Å².